The number of hydrazone groups is 1. The van der Waals surface area contributed by atoms with Gasteiger partial charge < -0.3 is 21.6 Å². The minimum Gasteiger partial charge on any atom is -0.481 e. The van der Waals surface area contributed by atoms with E-state index in [1.54, 1.807) is 24.3 Å². The minimum absolute atomic E-state index is 0.0935. The normalized spacial score (nSPS) is 10.9. The van der Waals surface area contributed by atoms with Crippen LogP contribution in [0.4, 0.5) is 5.69 Å². The number of nitrogens with zero attached hydrogens (tertiary/aromatic N) is 4. The molecule has 0 saturated carbocycles. The molecule has 1 aromatic carbocycles. The second-order valence-corrected chi connectivity index (χ2v) is 5.38. The number of nitrogens with one attached hydrogen (secondary N) is 2. The zero-order chi connectivity index (χ0) is 20.8. The molecule has 1 atom stereocenters. The van der Waals surface area contributed by atoms with Crippen LogP contribution in [0.15, 0.2) is 34.5 Å². The lowest BCUT2D eigenvalue weighted by molar-refractivity contribution is -0.137. The molecule has 0 radical (unpaired) electrons. The van der Waals surface area contributed by atoms with Crippen molar-refractivity contribution < 1.29 is 19.5 Å². The van der Waals surface area contributed by atoms with Gasteiger partial charge in [-0.05, 0) is 23.2 Å². The van der Waals surface area contributed by atoms with E-state index < -0.39 is 24.3 Å². The minimum atomic E-state index is -1.15. The quantitative estimate of drug-likeness (QED) is 0.0937. The fourth-order valence-electron chi connectivity index (χ4n) is 2.00. The standard InChI is InChI=1S/C17H19N7O4/c18-20-11-12-3-5-13(6-4-12)22-15(25)7-8-16(26)23-14(10-17(27)28)2-1-9-21-24-19/h3-6,11,14H,7-10,18H2,(H,22,25)(H,23,26)(H,27,28). The van der Waals surface area contributed by atoms with E-state index in [1.165, 1.54) is 6.21 Å². The lowest BCUT2D eigenvalue weighted by atomic mass is 10.2. The van der Waals surface area contributed by atoms with Gasteiger partial charge in [-0.3, -0.25) is 14.4 Å². The average Bonchev–Trinajstić information content (AvgIpc) is 2.65. The molecule has 1 rings (SSSR count). The number of hydrogen-bond acceptors (Lipinski definition) is 6. The van der Waals surface area contributed by atoms with Crippen molar-refractivity contribution in [1.29, 1.82) is 0 Å². The van der Waals surface area contributed by atoms with Crippen LogP contribution in [0.5, 0.6) is 0 Å². The fraction of sp³-hybridized carbons (Fsp3) is 0.294. The van der Waals surface area contributed by atoms with Crippen LogP contribution in [0.1, 0.15) is 24.8 Å². The van der Waals surface area contributed by atoms with Gasteiger partial charge in [-0.15, -0.1) is 0 Å². The van der Waals surface area contributed by atoms with E-state index in [0.717, 1.165) is 5.56 Å². The first-order valence-corrected chi connectivity index (χ1v) is 8.08. The Morgan fingerprint density at radius 1 is 1.25 bits per heavy atom. The molecule has 1 aromatic rings. The maximum atomic E-state index is 11.9. The first-order valence-electron chi connectivity index (χ1n) is 8.08. The van der Waals surface area contributed by atoms with Gasteiger partial charge in [-0.2, -0.15) is 5.10 Å². The van der Waals surface area contributed by atoms with Crippen LogP contribution in [0.25, 0.3) is 10.4 Å². The molecule has 11 heteroatoms. The predicted octanol–water partition coefficient (Wildman–Crippen LogP) is 0.971. The summed E-state index contributed by atoms with van der Waals surface area (Å²) in [5, 5.41) is 20.5. The molecule has 2 amide bonds. The summed E-state index contributed by atoms with van der Waals surface area (Å²) in [5.41, 5.74) is 9.48. The molecule has 0 aromatic heterocycles. The molecular formula is C17H19N7O4. The molecular weight excluding hydrogens is 366 g/mol. The van der Waals surface area contributed by atoms with Crippen molar-refractivity contribution in [2.24, 2.45) is 16.1 Å². The SMILES string of the molecule is [N-]=[N+]=NCC#CC(CC(=O)O)NC(=O)CCC(=O)Nc1ccc(C=NN)cc1. The average molecular weight is 385 g/mol. The highest BCUT2D eigenvalue weighted by atomic mass is 16.4. The van der Waals surface area contributed by atoms with E-state index in [-0.39, 0.29) is 25.3 Å². The summed E-state index contributed by atoms with van der Waals surface area (Å²) < 4.78 is 0. The Morgan fingerprint density at radius 2 is 1.93 bits per heavy atom. The molecule has 0 bridgehead atoms. The Morgan fingerprint density at radius 3 is 2.54 bits per heavy atom. The number of carbonyl (C=O) groups excluding carboxylic acids is 2. The van der Waals surface area contributed by atoms with E-state index >= 15 is 0 Å². The lowest BCUT2D eigenvalue weighted by Gasteiger charge is -2.11. The van der Waals surface area contributed by atoms with Gasteiger partial charge in [0.2, 0.25) is 11.8 Å². The maximum absolute atomic E-state index is 11.9. The lowest BCUT2D eigenvalue weighted by Crippen LogP contribution is -2.36. The van der Waals surface area contributed by atoms with Crippen LogP contribution in [0.2, 0.25) is 0 Å². The van der Waals surface area contributed by atoms with Crippen LogP contribution in [0, 0.1) is 11.8 Å². The second-order valence-electron chi connectivity index (χ2n) is 5.38. The van der Waals surface area contributed by atoms with Crippen molar-refractivity contribution >= 4 is 29.7 Å². The molecule has 5 N–H and O–H groups in total. The molecule has 28 heavy (non-hydrogen) atoms. The summed E-state index contributed by atoms with van der Waals surface area (Å²) in [6.45, 7) is -0.138. The van der Waals surface area contributed by atoms with Gasteiger partial charge in [-0.1, -0.05) is 29.1 Å². The Balaban J connectivity index is 2.50. The van der Waals surface area contributed by atoms with Gasteiger partial charge in [0.15, 0.2) is 0 Å². The van der Waals surface area contributed by atoms with E-state index in [1.807, 2.05) is 0 Å². The summed E-state index contributed by atoms with van der Waals surface area (Å²) in [5.74, 6) is 7.98. The van der Waals surface area contributed by atoms with Crippen molar-refractivity contribution in [1.82, 2.24) is 5.32 Å². The highest BCUT2D eigenvalue weighted by molar-refractivity contribution is 5.93. The van der Waals surface area contributed by atoms with Crippen molar-refractivity contribution in [2.75, 3.05) is 11.9 Å². The third-order valence-corrected chi connectivity index (χ3v) is 3.20. The van der Waals surface area contributed by atoms with E-state index in [4.69, 9.17) is 16.5 Å². The number of aliphatic carboxylic acids is 1. The van der Waals surface area contributed by atoms with Gasteiger partial charge in [0, 0.05) is 23.4 Å². The first kappa shape index (κ1) is 22.0. The zero-order valence-corrected chi connectivity index (χ0v) is 14.8. The van der Waals surface area contributed by atoms with Gasteiger partial charge in [0.1, 0.15) is 6.04 Å². The Hall–Kier alpha value is -4.03. The maximum Gasteiger partial charge on any atom is 0.306 e. The largest absolute Gasteiger partial charge is 0.481 e. The van der Waals surface area contributed by atoms with E-state index in [2.05, 4.69) is 37.6 Å². The number of amides is 2. The van der Waals surface area contributed by atoms with Gasteiger partial charge in [0.05, 0.1) is 19.2 Å². The second kappa shape index (κ2) is 12.3. The number of hydrogen-bond donors (Lipinski definition) is 4. The number of azide groups is 1. The highest BCUT2D eigenvalue weighted by Gasteiger charge is 2.14. The molecule has 11 nitrogen and oxygen atoms in total. The van der Waals surface area contributed by atoms with Gasteiger partial charge in [0.25, 0.3) is 0 Å². The van der Waals surface area contributed by atoms with Crippen LogP contribution in [0.3, 0.4) is 0 Å². The topological polar surface area (TPSA) is 183 Å². The van der Waals surface area contributed by atoms with Crippen molar-refractivity contribution in [2.45, 2.75) is 25.3 Å². The molecule has 0 heterocycles. The Bertz CT molecular complexity index is 833. The van der Waals surface area contributed by atoms with Crippen LogP contribution in [-0.2, 0) is 14.4 Å². The molecule has 0 fully saturated rings. The third kappa shape index (κ3) is 9.45. The van der Waals surface area contributed by atoms with E-state index in [9.17, 15) is 14.4 Å². The molecule has 1 unspecified atom stereocenters. The van der Waals surface area contributed by atoms with Crippen LogP contribution < -0.4 is 16.5 Å². The first-order chi connectivity index (χ1) is 13.4. The highest BCUT2D eigenvalue weighted by Crippen LogP contribution is 2.09. The number of nitrogens with two attached hydrogens (primary N) is 1. The van der Waals surface area contributed by atoms with Gasteiger partial charge in [-0.25, -0.2) is 0 Å². The van der Waals surface area contributed by atoms with Crippen LogP contribution in [-0.4, -0.2) is 41.7 Å². The monoisotopic (exact) mass is 385 g/mol. The van der Waals surface area contributed by atoms with Crippen molar-refractivity contribution in [3.8, 4) is 11.8 Å². The summed E-state index contributed by atoms with van der Waals surface area (Å²) in [4.78, 5) is 37.2. The molecule has 0 spiro atoms. The summed E-state index contributed by atoms with van der Waals surface area (Å²) in [7, 11) is 0. The Labute approximate surface area is 160 Å². The number of carboxylic acid groups (broad SMARTS) is 1. The van der Waals surface area contributed by atoms with Gasteiger partial charge >= 0.3 is 5.97 Å². The predicted molar refractivity (Wildman–Crippen MR) is 102 cm³/mol. The van der Waals surface area contributed by atoms with Crippen molar-refractivity contribution in [3.63, 3.8) is 0 Å². The zero-order valence-electron chi connectivity index (χ0n) is 14.8. The molecule has 0 aliphatic rings. The number of benzene rings is 1. The Kier molecular flexibility index (Phi) is 9.70. The smallest absolute Gasteiger partial charge is 0.306 e. The summed E-state index contributed by atoms with van der Waals surface area (Å²) in [6.07, 6.45) is 0.806. The number of rotatable bonds is 9. The van der Waals surface area contributed by atoms with Crippen molar-refractivity contribution in [3.05, 3.63) is 40.3 Å². The number of anilines is 1. The third-order valence-electron chi connectivity index (χ3n) is 3.20. The molecule has 146 valence electrons. The summed E-state index contributed by atoms with van der Waals surface area (Å²) >= 11 is 0. The fourth-order valence-corrected chi connectivity index (χ4v) is 2.00. The molecule has 0 aliphatic heterocycles. The molecule has 0 aliphatic carbocycles. The van der Waals surface area contributed by atoms with E-state index in [0.29, 0.717) is 5.69 Å². The molecule has 0 saturated heterocycles. The van der Waals surface area contributed by atoms with Crippen LogP contribution >= 0.6 is 0 Å². The number of carboxylic acids is 1. The number of carbonyl (C=O) groups is 3. The summed E-state index contributed by atoms with van der Waals surface area (Å²) in [6, 6.07) is 5.81.